The molecule has 4 heteroatoms. The summed E-state index contributed by atoms with van der Waals surface area (Å²) in [6.45, 7) is 2.37. The Morgan fingerprint density at radius 1 is 0.966 bits per heavy atom. The largest absolute Gasteiger partial charge is 0.340 e. The van der Waals surface area contributed by atoms with Crippen LogP contribution in [0.3, 0.4) is 0 Å². The van der Waals surface area contributed by atoms with Gasteiger partial charge < -0.3 is 14.8 Å². The van der Waals surface area contributed by atoms with Crippen LogP contribution >= 0.6 is 0 Å². The number of nitrogens with zero attached hydrogens (tertiary/aromatic N) is 2. The minimum absolute atomic E-state index is 0.113. The van der Waals surface area contributed by atoms with Crippen LogP contribution in [0.2, 0.25) is 0 Å². The Kier molecular flexibility index (Phi) is 5.01. The van der Waals surface area contributed by atoms with Crippen LogP contribution in [0.4, 0.5) is 4.79 Å². The molecule has 2 aliphatic rings. The maximum absolute atomic E-state index is 12.9. The molecule has 2 amide bonds. The quantitative estimate of drug-likeness (QED) is 0.668. The number of amides is 2. The number of rotatable bonds is 3. The Hall–Kier alpha value is -2.75. The summed E-state index contributed by atoms with van der Waals surface area (Å²) in [6.07, 6.45) is 6.95. The molecule has 1 saturated carbocycles. The van der Waals surface area contributed by atoms with Gasteiger partial charge in [-0.05, 0) is 24.5 Å². The zero-order valence-corrected chi connectivity index (χ0v) is 16.9. The first-order valence-electron chi connectivity index (χ1n) is 11.0. The molecule has 1 N–H and O–H groups in total. The molecule has 0 radical (unpaired) electrons. The number of para-hydroxylation sites is 1. The molecule has 29 heavy (non-hydrogen) atoms. The Morgan fingerprint density at radius 2 is 1.72 bits per heavy atom. The van der Waals surface area contributed by atoms with Gasteiger partial charge in [0, 0.05) is 54.3 Å². The molecular formula is C25H29N3O. The van der Waals surface area contributed by atoms with Crippen molar-refractivity contribution in [1.82, 2.24) is 14.8 Å². The highest BCUT2D eigenvalue weighted by atomic mass is 16.2. The number of carbonyl (C=O) groups is 1. The number of hydrogen-bond acceptors (Lipinski definition) is 1. The summed E-state index contributed by atoms with van der Waals surface area (Å²) in [5, 5.41) is 4.58. The predicted octanol–water partition coefficient (Wildman–Crippen LogP) is 5.09. The van der Waals surface area contributed by atoms with Crippen molar-refractivity contribution in [1.29, 1.82) is 0 Å². The third-order valence-corrected chi connectivity index (χ3v) is 6.57. The van der Waals surface area contributed by atoms with Gasteiger partial charge in [-0.3, -0.25) is 0 Å². The molecular weight excluding hydrogens is 358 g/mol. The topological polar surface area (TPSA) is 37.3 Å². The van der Waals surface area contributed by atoms with E-state index in [2.05, 4.69) is 64.5 Å². The van der Waals surface area contributed by atoms with Gasteiger partial charge in [-0.25, -0.2) is 4.79 Å². The smallest absolute Gasteiger partial charge is 0.317 e. The Morgan fingerprint density at radius 3 is 2.55 bits per heavy atom. The van der Waals surface area contributed by atoms with Crippen molar-refractivity contribution in [2.24, 2.45) is 0 Å². The van der Waals surface area contributed by atoms with Crippen LogP contribution in [0, 0.1) is 0 Å². The Labute approximate surface area is 172 Å². The molecule has 2 heterocycles. The first-order chi connectivity index (χ1) is 14.3. The number of fused-ring (bicyclic) bond motifs is 3. The molecule has 1 aromatic heterocycles. The molecule has 2 aromatic carbocycles. The van der Waals surface area contributed by atoms with Crippen LogP contribution in [-0.2, 0) is 19.5 Å². The zero-order valence-electron chi connectivity index (χ0n) is 16.9. The summed E-state index contributed by atoms with van der Waals surface area (Å²) in [6, 6.07) is 19.8. The normalized spacial score (nSPS) is 17.3. The number of hydrogen-bond donors (Lipinski definition) is 1. The van der Waals surface area contributed by atoms with Crippen molar-refractivity contribution >= 4 is 16.9 Å². The average molecular weight is 388 g/mol. The summed E-state index contributed by atoms with van der Waals surface area (Å²) in [7, 11) is 0. The second-order valence-electron chi connectivity index (χ2n) is 8.47. The summed E-state index contributed by atoms with van der Waals surface area (Å²) < 4.78 is 2.45. The van der Waals surface area contributed by atoms with E-state index >= 15 is 0 Å². The third kappa shape index (κ3) is 3.64. The summed E-state index contributed by atoms with van der Waals surface area (Å²) >= 11 is 0. The number of nitrogens with one attached hydrogen (secondary N) is 1. The second kappa shape index (κ2) is 7.94. The van der Waals surface area contributed by atoms with Gasteiger partial charge in [-0.2, -0.15) is 0 Å². The van der Waals surface area contributed by atoms with Crippen LogP contribution in [0.5, 0.6) is 0 Å². The lowest BCUT2D eigenvalue weighted by Gasteiger charge is -2.31. The maximum Gasteiger partial charge on any atom is 0.317 e. The van der Waals surface area contributed by atoms with E-state index in [0.717, 1.165) is 32.4 Å². The number of urea groups is 1. The molecule has 5 rings (SSSR count). The van der Waals surface area contributed by atoms with Crippen molar-refractivity contribution in [3.63, 3.8) is 0 Å². The summed E-state index contributed by atoms with van der Waals surface area (Å²) in [4.78, 5) is 14.9. The SMILES string of the molecule is O=C(NC1CCCCC1)N1CCc2c(c3ccccc3n2Cc2ccccc2)C1. The first kappa shape index (κ1) is 18.3. The molecule has 1 aliphatic carbocycles. The van der Waals surface area contributed by atoms with Gasteiger partial charge in [-0.15, -0.1) is 0 Å². The van der Waals surface area contributed by atoms with Crippen LogP contribution in [0.25, 0.3) is 10.9 Å². The highest BCUT2D eigenvalue weighted by Gasteiger charge is 2.27. The van der Waals surface area contributed by atoms with Crippen LogP contribution in [0.1, 0.15) is 48.9 Å². The van der Waals surface area contributed by atoms with Crippen molar-refractivity contribution in [3.8, 4) is 0 Å². The Balaban J connectivity index is 1.42. The molecule has 0 saturated heterocycles. The molecule has 0 bridgehead atoms. The summed E-state index contributed by atoms with van der Waals surface area (Å²) in [5.41, 5.74) is 5.29. The van der Waals surface area contributed by atoms with Gasteiger partial charge in [0.25, 0.3) is 0 Å². The lowest BCUT2D eigenvalue weighted by Crippen LogP contribution is -2.47. The number of aromatic nitrogens is 1. The molecule has 0 atom stereocenters. The molecule has 0 spiro atoms. The van der Waals surface area contributed by atoms with Gasteiger partial charge in [0.2, 0.25) is 0 Å². The lowest BCUT2D eigenvalue weighted by molar-refractivity contribution is 0.184. The van der Waals surface area contributed by atoms with Gasteiger partial charge in [-0.1, -0.05) is 67.8 Å². The van der Waals surface area contributed by atoms with Crippen molar-refractivity contribution < 1.29 is 4.79 Å². The van der Waals surface area contributed by atoms with Gasteiger partial charge in [0.15, 0.2) is 0 Å². The fourth-order valence-electron chi connectivity index (χ4n) is 5.03. The van der Waals surface area contributed by atoms with E-state index in [0.29, 0.717) is 12.6 Å². The van der Waals surface area contributed by atoms with Crippen LogP contribution in [-0.4, -0.2) is 28.1 Å². The fraction of sp³-hybridized carbons (Fsp3) is 0.400. The maximum atomic E-state index is 12.9. The van der Waals surface area contributed by atoms with Gasteiger partial charge >= 0.3 is 6.03 Å². The number of carbonyl (C=O) groups excluding carboxylic acids is 1. The zero-order chi connectivity index (χ0) is 19.6. The average Bonchev–Trinajstić information content (AvgIpc) is 3.08. The fourth-order valence-corrected chi connectivity index (χ4v) is 5.03. The van der Waals surface area contributed by atoms with Crippen LogP contribution < -0.4 is 5.32 Å². The van der Waals surface area contributed by atoms with E-state index in [-0.39, 0.29) is 6.03 Å². The number of benzene rings is 2. The second-order valence-corrected chi connectivity index (χ2v) is 8.47. The standard InChI is InChI=1S/C25H29N3O/c29-25(26-20-11-5-2-6-12-20)27-16-15-24-22(18-27)21-13-7-8-14-23(21)28(24)17-19-9-3-1-4-10-19/h1,3-4,7-10,13-14,20H,2,5-6,11-12,15-18H2,(H,26,29). The monoisotopic (exact) mass is 387 g/mol. The molecule has 1 fully saturated rings. The van der Waals surface area contributed by atoms with Gasteiger partial charge in [0.05, 0.1) is 0 Å². The summed E-state index contributed by atoms with van der Waals surface area (Å²) in [5.74, 6) is 0. The molecule has 1 aliphatic heterocycles. The predicted molar refractivity (Wildman–Crippen MR) is 117 cm³/mol. The highest BCUT2D eigenvalue weighted by molar-refractivity contribution is 5.87. The van der Waals surface area contributed by atoms with Crippen molar-refractivity contribution in [2.75, 3.05) is 6.54 Å². The van der Waals surface area contributed by atoms with E-state index in [1.165, 1.54) is 47.0 Å². The van der Waals surface area contributed by atoms with E-state index in [4.69, 9.17) is 0 Å². The minimum atomic E-state index is 0.113. The lowest BCUT2D eigenvalue weighted by atomic mass is 9.95. The minimum Gasteiger partial charge on any atom is -0.340 e. The van der Waals surface area contributed by atoms with E-state index < -0.39 is 0 Å². The van der Waals surface area contributed by atoms with E-state index in [1.54, 1.807) is 0 Å². The first-order valence-corrected chi connectivity index (χ1v) is 11.0. The van der Waals surface area contributed by atoms with Crippen molar-refractivity contribution in [2.45, 2.75) is 57.7 Å². The van der Waals surface area contributed by atoms with Gasteiger partial charge in [0.1, 0.15) is 0 Å². The molecule has 4 nitrogen and oxygen atoms in total. The van der Waals surface area contributed by atoms with Crippen LogP contribution in [0.15, 0.2) is 54.6 Å². The highest BCUT2D eigenvalue weighted by Crippen LogP contribution is 2.32. The molecule has 150 valence electrons. The Bertz CT molecular complexity index is 1000. The molecule has 0 unspecified atom stereocenters. The van der Waals surface area contributed by atoms with E-state index in [9.17, 15) is 4.79 Å². The van der Waals surface area contributed by atoms with Crippen molar-refractivity contribution in [3.05, 3.63) is 71.4 Å². The third-order valence-electron chi connectivity index (χ3n) is 6.57. The molecule has 3 aromatic rings. The van der Waals surface area contributed by atoms with E-state index in [1.807, 2.05) is 4.90 Å².